The van der Waals surface area contributed by atoms with Gasteiger partial charge >= 0.3 is 0 Å². The van der Waals surface area contributed by atoms with Crippen molar-refractivity contribution in [1.29, 1.82) is 0 Å². The summed E-state index contributed by atoms with van der Waals surface area (Å²) in [5, 5.41) is 3.48. The van der Waals surface area contributed by atoms with E-state index in [0.29, 0.717) is 25.1 Å². The van der Waals surface area contributed by atoms with Gasteiger partial charge in [-0.1, -0.05) is 42.5 Å². The third kappa shape index (κ3) is 3.66. The molecule has 122 valence electrons. The summed E-state index contributed by atoms with van der Waals surface area (Å²) in [6.45, 7) is 1.29. The van der Waals surface area contributed by atoms with Gasteiger partial charge in [-0.3, -0.25) is 0 Å². The summed E-state index contributed by atoms with van der Waals surface area (Å²) >= 11 is 0. The number of oxazole rings is 1. The maximum atomic E-state index is 5.83. The molecule has 4 rings (SSSR count). The first-order chi connectivity index (χ1) is 11.9. The lowest BCUT2D eigenvalue weighted by Gasteiger charge is -2.07. The highest BCUT2D eigenvalue weighted by molar-refractivity contribution is 5.34. The first kappa shape index (κ1) is 15.0. The van der Waals surface area contributed by atoms with E-state index in [4.69, 9.17) is 9.15 Å². The fourth-order valence-electron chi connectivity index (χ4n) is 2.90. The highest BCUT2D eigenvalue weighted by Gasteiger charge is 2.37. The molecule has 24 heavy (non-hydrogen) atoms. The van der Waals surface area contributed by atoms with Gasteiger partial charge in [-0.05, 0) is 29.7 Å². The standard InChI is InChI=1S/C20H20N2O2/c1-2-4-15(5-3-1)14-24-17-8-6-16(7-9-17)18-12-19(18)22-13-20-21-10-11-23-20/h1-11,18-19,22H,12-14H2/t18-,19+/m0/s1. The van der Waals surface area contributed by atoms with Crippen LogP contribution in [0.3, 0.4) is 0 Å². The highest BCUT2D eigenvalue weighted by Crippen LogP contribution is 2.41. The number of rotatable bonds is 7. The maximum Gasteiger partial charge on any atom is 0.207 e. The van der Waals surface area contributed by atoms with Gasteiger partial charge in [0, 0.05) is 12.0 Å². The monoisotopic (exact) mass is 320 g/mol. The van der Waals surface area contributed by atoms with Gasteiger partial charge in [0.05, 0.1) is 12.7 Å². The van der Waals surface area contributed by atoms with E-state index < -0.39 is 0 Å². The van der Waals surface area contributed by atoms with Crippen LogP contribution in [0, 0.1) is 0 Å². The molecule has 1 fully saturated rings. The summed E-state index contributed by atoms with van der Waals surface area (Å²) < 4.78 is 11.1. The van der Waals surface area contributed by atoms with Gasteiger partial charge in [0.1, 0.15) is 18.6 Å². The Hall–Kier alpha value is -2.59. The number of nitrogens with one attached hydrogen (secondary N) is 1. The lowest BCUT2D eigenvalue weighted by atomic mass is 10.1. The van der Waals surface area contributed by atoms with Crippen molar-refractivity contribution in [2.45, 2.75) is 31.5 Å². The van der Waals surface area contributed by atoms with Crippen molar-refractivity contribution in [3.63, 3.8) is 0 Å². The molecule has 0 bridgehead atoms. The van der Waals surface area contributed by atoms with Crippen LogP contribution in [-0.4, -0.2) is 11.0 Å². The topological polar surface area (TPSA) is 47.3 Å². The Morgan fingerprint density at radius 1 is 1.08 bits per heavy atom. The summed E-state index contributed by atoms with van der Waals surface area (Å²) in [7, 11) is 0. The van der Waals surface area contributed by atoms with E-state index in [2.05, 4.69) is 46.7 Å². The second-order valence-corrected chi connectivity index (χ2v) is 6.10. The lowest BCUT2D eigenvalue weighted by Crippen LogP contribution is -2.17. The molecule has 2 aromatic carbocycles. The molecule has 4 nitrogen and oxygen atoms in total. The Labute approximate surface area is 141 Å². The quantitative estimate of drug-likeness (QED) is 0.717. The molecule has 1 N–H and O–H groups in total. The van der Waals surface area contributed by atoms with Crippen molar-refractivity contribution in [2.24, 2.45) is 0 Å². The van der Waals surface area contributed by atoms with Gasteiger partial charge < -0.3 is 14.5 Å². The van der Waals surface area contributed by atoms with Crippen LogP contribution < -0.4 is 10.1 Å². The van der Waals surface area contributed by atoms with Crippen molar-refractivity contribution >= 4 is 0 Å². The van der Waals surface area contributed by atoms with Crippen LogP contribution in [0.5, 0.6) is 5.75 Å². The van der Waals surface area contributed by atoms with Crippen molar-refractivity contribution in [2.75, 3.05) is 0 Å². The van der Waals surface area contributed by atoms with E-state index in [1.54, 1.807) is 12.5 Å². The van der Waals surface area contributed by atoms with E-state index in [1.807, 2.05) is 18.2 Å². The first-order valence-electron chi connectivity index (χ1n) is 8.27. The molecule has 0 radical (unpaired) electrons. The van der Waals surface area contributed by atoms with E-state index >= 15 is 0 Å². The van der Waals surface area contributed by atoms with Gasteiger partial charge in [0.15, 0.2) is 0 Å². The molecule has 0 amide bonds. The average molecular weight is 320 g/mol. The summed E-state index contributed by atoms with van der Waals surface area (Å²) in [6, 6.07) is 19.2. The molecule has 0 saturated heterocycles. The minimum Gasteiger partial charge on any atom is -0.489 e. The van der Waals surface area contributed by atoms with Crippen LogP contribution in [-0.2, 0) is 13.2 Å². The molecule has 1 heterocycles. The average Bonchev–Trinajstić information content (AvgIpc) is 3.23. The number of hydrogen-bond donors (Lipinski definition) is 1. The predicted octanol–water partition coefficient (Wildman–Crippen LogP) is 3.90. The Kier molecular flexibility index (Phi) is 4.30. The fraction of sp³-hybridized carbons (Fsp3) is 0.250. The molecule has 1 saturated carbocycles. The molecular weight excluding hydrogens is 300 g/mol. The Bertz CT molecular complexity index is 754. The molecule has 1 aliphatic carbocycles. The van der Waals surface area contributed by atoms with Crippen molar-refractivity contribution in [3.05, 3.63) is 84.1 Å². The third-order valence-corrected chi connectivity index (χ3v) is 4.35. The van der Waals surface area contributed by atoms with Gasteiger partial charge in [0.2, 0.25) is 5.89 Å². The maximum absolute atomic E-state index is 5.83. The first-order valence-corrected chi connectivity index (χ1v) is 8.27. The van der Waals surface area contributed by atoms with E-state index in [1.165, 1.54) is 11.1 Å². The van der Waals surface area contributed by atoms with Gasteiger partial charge in [-0.25, -0.2) is 4.98 Å². The Balaban J connectivity index is 1.27. The molecule has 1 aromatic heterocycles. The number of ether oxygens (including phenoxy) is 1. The zero-order chi connectivity index (χ0) is 16.2. The predicted molar refractivity (Wildman–Crippen MR) is 91.7 cm³/mol. The van der Waals surface area contributed by atoms with Crippen molar-refractivity contribution in [3.8, 4) is 5.75 Å². The summed E-state index contributed by atoms with van der Waals surface area (Å²) in [5.41, 5.74) is 2.53. The van der Waals surface area contributed by atoms with Crippen LogP contribution in [0.1, 0.15) is 29.4 Å². The number of aromatic nitrogens is 1. The van der Waals surface area contributed by atoms with Crippen LogP contribution in [0.15, 0.2) is 71.5 Å². The number of benzene rings is 2. The summed E-state index contributed by atoms with van der Waals surface area (Å²) in [4.78, 5) is 4.13. The van der Waals surface area contributed by atoms with E-state index in [-0.39, 0.29) is 0 Å². The largest absolute Gasteiger partial charge is 0.489 e. The molecule has 0 spiro atoms. The lowest BCUT2D eigenvalue weighted by molar-refractivity contribution is 0.306. The molecule has 1 aliphatic rings. The zero-order valence-electron chi connectivity index (χ0n) is 13.4. The van der Waals surface area contributed by atoms with E-state index in [9.17, 15) is 0 Å². The van der Waals surface area contributed by atoms with Crippen LogP contribution in [0.2, 0.25) is 0 Å². The van der Waals surface area contributed by atoms with Gasteiger partial charge in [0.25, 0.3) is 0 Å². The summed E-state index contributed by atoms with van der Waals surface area (Å²) in [5.74, 6) is 2.22. The smallest absolute Gasteiger partial charge is 0.207 e. The van der Waals surface area contributed by atoms with Crippen molar-refractivity contribution in [1.82, 2.24) is 10.3 Å². The van der Waals surface area contributed by atoms with Crippen LogP contribution >= 0.6 is 0 Å². The third-order valence-electron chi connectivity index (χ3n) is 4.35. The minimum atomic E-state index is 0.507. The number of nitrogens with zero attached hydrogens (tertiary/aromatic N) is 1. The summed E-state index contributed by atoms with van der Waals surface area (Å²) in [6.07, 6.45) is 4.44. The Morgan fingerprint density at radius 2 is 1.92 bits per heavy atom. The SMILES string of the molecule is c1ccc(COc2ccc([C@@H]3C[C@H]3NCc3ncco3)cc2)cc1. The highest BCUT2D eigenvalue weighted by atomic mass is 16.5. The molecular formula is C20H20N2O2. The minimum absolute atomic E-state index is 0.507. The fourth-order valence-corrected chi connectivity index (χ4v) is 2.90. The molecule has 3 aromatic rings. The van der Waals surface area contributed by atoms with Gasteiger partial charge in [-0.15, -0.1) is 0 Å². The van der Waals surface area contributed by atoms with Crippen molar-refractivity contribution < 1.29 is 9.15 Å². The second-order valence-electron chi connectivity index (χ2n) is 6.10. The van der Waals surface area contributed by atoms with E-state index in [0.717, 1.165) is 18.1 Å². The zero-order valence-corrected chi connectivity index (χ0v) is 13.4. The van der Waals surface area contributed by atoms with Gasteiger partial charge in [-0.2, -0.15) is 0 Å². The molecule has 0 aliphatic heterocycles. The van der Waals surface area contributed by atoms with Crippen LogP contribution in [0.4, 0.5) is 0 Å². The molecule has 4 heteroatoms. The number of hydrogen-bond acceptors (Lipinski definition) is 4. The molecule has 2 atom stereocenters. The normalized spacial score (nSPS) is 19.2. The second kappa shape index (κ2) is 6.89. The van der Waals surface area contributed by atoms with Crippen LogP contribution in [0.25, 0.3) is 0 Å². The molecule has 0 unspecified atom stereocenters. The Morgan fingerprint density at radius 3 is 2.67 bits per heavy atom.